The molecule has 11 heavy (non-hydrogen) atoms. The van der Waals surface area contributed by atoms with Gasteiger partial charge in [0.1, 0.15) is 0 Å². The lowest BCUT2D eigenvalue weighted by Crippen LogP contribution is -2.41. The van der Waals surface area contributed by atoms with Crippen LogP contribution in [0.25, 0.3) is 0 Å². The average molecular weight is 155 g/mol. The van der Waals surface area contributed by atoms with Gasteiger partial charge in [-0.25, -0.2) is 0 Å². The van der Waals surface area contributed by atoms with Crippen LogP contribution in [0.1, 0.15) is 20.8 Å². The van der Waals surface area contributed by atoms with E-state index < -0.39 is 0 Å². The summed E-state index contributed by atoms with van der Waals surface area (Å²) >= 11 is 0. The third kappa shape index (κ3) is 4.02. The Morgan fingerprint density at radius 3 is 2.27 bits per heavy atom. The third-order valence-corrected chi connectivity index (χ3v) is 1.84. The van der Waals surface area contributed by atoms with E-state index in [-0.39, 0.29) is 12.1 Å². The van der Waals surface area contributed by atoms with Crippen molar-refractivity contribution in [2.45, 2.75) is 39.0 Å². The third-order valence-electron chi connectivity index (χ3n) is 1.84. The molecular formula is C9H17NO. The fourth-order valence-corrected chi connectivity index (χ4v) is 0.782. The van der Waals surface area contributed by atoms with Crippen molar-refractivity contribution in [3.05, 3.63) is 0 Å². The van der Waals surface area contributed by atoms with Crippen molar-refractivity contribution in [1.82, 2.24) is 5.32 Å². The fraction of sp³-hybridized carbons (Fsp3) is 0.778. The van der Waals surface area contributed by atoms with E-state index in [1.807, 2.05) is 13.8 Å². The molecule has 64 valence electrons. The molecule has 0 aromatic heterocycles. The van der Waals surface area contributed by atoms with Gasteiger partial charge in [0, 0.05) is 13.2 Å². The van der Waals surface area contributed by atoms with Crippen LogP contribution >= 0.6 is 0 Å². The average Bonchev–Trinajstić information content (AvgIpc) is 2.02. The van der Waals surface area contributed by atoms with Crippen LogP contribution in [0.4, 0.5) is 0 Å². The molecule has 0 aliphatic carbocycles. The lowest BCUT2D eigenvalue weighted by Gasteiger charge is -2.21. The first-order valence-corrected chi connectivity index (χ1v) is 3.86. The lowest BCUT2D eigenvalue weighted by molar-refractivity contribution is 0.0874. The first kappa shape index (κ1) is 10.5. The Labute approximate surface area is 69.3 Å². The van der Waals surface area contributed by atoms with Crippen LogP contribution in [0, 0.1) is 12.3 Å². The van der Waals surface area contributed by atoms with E-state index in [9.17, 15) is 0 Å². The van der Waals surface area contributed by atoms with Crippen molar-refractivity contribution in [3.8, 4) is 12.3 Å². The molecule has 0 aromatic rings. The van der Waals surface area contributed by atoms with Crippen LogP contribution in [0.5, 0.6) is 0 Å². The maximum absolute atomic E-state index is 5.21. The molecule has 0 spiro atoms. The SMILES string of the molecule is C#CC(C)NC(C)C(C)OC. The summed E-state index contributed by atoms with van der Waals surface area (Å²) in [5.41, 5.74) is 0. The van der Waals surface area contributed by atoms with Gasteiger partial charge in [-0.3, -0.25) is 5.32 Å². The topological polar surface area (TPSA) is 21.3 Å². The molecule has 0 bridgehead atoms. The smallest absolute Gasteiger partial charge is 0.0693 e. The van der Waals surface area contributed by atoms with E-state index in [0.717, 1.165) is 0 Å². The summed E-state index contributed by atoms with van der Waals surface area (Å²) < 4.78 is 5.13. The maximum Gasteiger partial charge on any atom is 0.0693 e. The molecule has 0 saturated carbocycles. The summed E-state index contributed by atoms with van der Waals surface area (Å²) in [6.45, 7) is 6.03. The Morgan fingerprint density at radius 1 is 1.36 bits per heavy atom. The van der Waals surface area contributed by atoms with Crippen molar-refractivity contribution < 1.29 is 4.74 Å². The minimum absolute atomic E-state index is 0.114. The summed E-state index contributed by atoms with van der Waals surface area (Å²) in [6.07, 6.45) is 5.41. The zero-order valence-corrected chi connectivity index (χ0v) is 7.72. The van der Waals surface area contributed by atoms with Crippen molar-refractivity contribution in [3.63, 3.8) is 0 Å². The minimum Gasteiger partial charge on any atom is -0.380 e. The molecule has 1 N–H and O–H groups in total. The molecule has 0 rings (SSSR count). The predicted octanol–water partition coefficient (Wildman–Crippen LogP) is 1.02. The molecule has 0 fully saturated rings. The van der Waals surface area contributed by atoms with Crippen LogP contribution < -0.4 is 5.32 Å². The molecule has 0 aromatic carbocycles. The highest BCUT2D eigenvalue weighted by Crippen LogP contribution is 1.96. The maximum atomic E-state index is 5.21. The number of terminal acetylenes is 1. The van der Waals surface area contributed by atoms with E-state index >= 15 is 0 Å². The first-order chi connectivity index (χ1) is 5.11. The largest absolute Gasteiger partial charge is 0.380 e. The van der Waals surface area contributed by atoms with E-state index in [1.165, 1.54) is 0 Å². The quantitative estimate of drug-likeness (QED) is 0.612. The second-order valence-electron chi connectivity index (χ2n) is 2.78. The van der Waals surface area contributed by atoms with Gasteiger partial charge in [0.15, 0.2) is 0 Å². The fourth-order valence-electron chi connectivity index (χ4n) is 0.782. The standard InChI is InChI=1S/C9H17NO/c1-6-7(2)10-8(3)9(4)11-5/h1,7-10H,2-5H3. The Morgan fingerprint density at radius 2 is 1.91 bits per heavy atom. The highest BCUT2D eigenvalue weighted by Gasteiger charge is 2.11. The van der Waals surface area contributed by atoms with Crippen LogP contribution in [-0.2, 0) is 4.74 Å². The Hall–Kier alpha value is -0.520. The van der Waals surface area contributed by atoms with Crippen molar-refractivity contribution in [2.75, 3.05) is 7.11 Å². The van der Waals surface area contributed by atoms with Gasteiger partial charge in [0.05, 0.1) is 12.1 Å². The van der Waals surface area contributed by atoms with Crippen LogP contribution in [0.3, 0.4) is 0 Å². The number of hydrogen-bond acceptors (Lipinski definition) is 2. The summed E-state index contributed by atoms with van der Waals surface area (Å²) in [7, 11) is 1.70. The molecule has 0 radical (unpaired) electrons. The number of hydrogen-bond donors (Lipinski definition) is 1. The predicted molar refractivity (Wildman–Crippen MR) is 47.4 cm³/mol. The summed E-state index contributed by atoms with van der Waals surface area (Å²) in [5, 5.41) is 3.22. The van der Waals surface area contributed by atoms with Gasteiger partial charge in [-0.1, -0.05) is 5.92 Å². The highest BCUT2D eigenvalue weighted by molar-refractivity contribution is 4.97. The summed E-state index contributed by atoms with van der Waals surface area (Å²) in [6, 6.07) is 0.411. The second-order valence-corrected chi connectivity index (χ2v) is 2.78. The van der Waals surface area contributed by atoms with Crippen LogP contribution in [-0.4, -0.2) is 25.3 Å². The van der Waals surface area contributed by atoms with Crippen molar-refractivity contribution in [2.24, 2.45) is 0 Å². The van der Waals surface area contributed by atoms with Gasteiger partial charge in [-0.2, -0.15) is 0 Å². The lowest BCUT2D eigenvalue weighted by atomic mass is 10.2. The molecule has 3 atom stereocenters. The monoisotopic (exact) mass is 155 g/mol. The second kappa shape index (κ2) is 5.17. The van der Waals surface area contributed by atoms with E-state index in [1.54, 1.807) is 7.11 Å². The molecule has 2 heteroatoms. The first-order valence-electron chi connectivity index (χ1n) is 3.86. The van der Waals surface area contributed by atoms with E-state index in [4.69, 9.17) is 11.2 Å². The van der Waals surface area contributed by atoms with E-state index in [0.29, 0.717) is 6.04 Å². The van der Waals surface area contributed by atoms with Crippen LogP contribution in [0.2, 0.25) is 0 Å². The molecule has 0 aliphatic rings. The summed E-state index contributed by atoms with van der Waals surface area (Å²) in [5.74, 6) is 2.61. The number of ether oxygens (including phenoxy) is 1. The molecule has 2 nitrogen and oxygen atoms in total. The minimum atomic E-state index is 0.114. The molecule has 0 heterocycles. The summed E-state index contributed by atoms with van der Waals surface area (Å²) in [4.78, 5) is 0. The Kier molecular flexibility index (Phi) is 4.93. The number of nitrogens with one attached hydrogen (secondary N) is 1. The van der Waals surface area contributed by atoms with Gasteiger partial charge in [-0.15, -0.1) is 6.42 Å². The van der Waals surface area contributed by atoms with Gasteiger partial charge in [0.25, 0.3) is 0 Å². The molecular weight excluding hydrogens is 138 g/mol. The molecule has 0 aliphatic heterocycles. The highest BCUT2D eigenvalue weighted by atomic mass is 16.5. The van der Waals surface area contributed by atoms with Gasteiger partial charge in [0.2, 0.25) is 0 Å². The zero-order chi connectivity index (χ0) is 8.85. The van der Waals surface area contributed by atoms with Gasteiger partial charge in [-0.05, 0) is 20.8 Å². The molecule has 0 saturated heterocycles. The number of methoxy groups -OCH3 is 1. The van der Waals surface area contributed by atoms with Gasteiger partial charge < -0.3 is 4.74 Å². The normalized spacial score (nSPS) is 18.5. The van der Waals surface area contributed by atoms with Crippen molar-refractivity contribution >= 4 is 0 Å². The molecule has 0 amide bonds. The zero-order valence-electron chi connectivity index (χ0n) is 7.72. The Bertz CT molecular complexity index is 139. The van der Waals surface area contributed by atoms with Gasteiger partial charge >= 0.3 is 0 Å². The molecule has 3 unspecified atom stereocenters. The van der Waals surface area contributed by atoms with Crippen LogP contribution in [0.15, 0.2) is 0 Å². The Balaban J connectivity index is 3.69. The number of rotatable bonds is 4. The van der Waals surface area contributed by atoms with Crippen molar-refractivity contribution in [1.29, 1.82) is 0 Å². The van der Waals surface area contributed by atoms with E-state index in [2.05, 4.69) is 18.2 Å².